The zero-order valence-corrected chi connectivity index (χ0v) is 56.1. The third-order valence-corrected chi connectivity index (χ3v) is 25.1. The molecule has 2 fully saturated rings. The first-order valence-corrected chi connectivity index (χ1v) is 33.2. The first-order valence-electron chi connectivity index (χ1n) is 33.2. The van der Waals surface area contributed by atoms with Crippen LogP contribution in [0.1, 0.15) is 288 Å². The minimum absolute atomic E-state index is 0.00414. The maximum Gasteiger partial charge on any atom is 0.292 e. The second-order valence-corrected chi connectivity index (χ2v) is 36.5. The van der Waals surface area contributed by atoms with Crippen molar-refractivity contribution < 1.29 is 4.42 Å². The molecule has 0 bridgehead atoms. The van der Waals surface area contributed by atoms with Crippen LogP contribution in [0, 0.1) is 33.0 Å². The van der Waals surface area contributed by atoms with Gasteiger partial charge in [-0.25, -0.2) is 0 Å². The molecule has 2 aromatic carbocycles. The molecule has 2 saturated carbocycles. The number of rotatable bonds is 3. The fourth-order valence-electron chi connectivity index (χ4n) is 18.9. The second kappa shape index (κ2) is 17.3. The van der Waals surface area contributed by atoms with Crippen molar-refractivity contribution in [1.82, 2.24) is 0 Å². The second-order valence-electron chi connectivity index (χ2n) is 36.5. The van der Waals surface area contributed by atoms with Crippen molar-refractivity contribution in [3.05, 3.63) is 132 Å². The molecule has 0 radical (unpaired) electrons. The van der Waals surface area contributed by atoms with E-state index in [-0.39, 0.29) is 72.3 Å². The molecule has 3 heterocycles. The molecule has 0 spiro atoms. The maximum atomic E-state index is 8.12. The number of nitrogens with zero attached hydrogens (tertiary/aromatic N) is 2. The van der Waals surface area contributed by atoms with Crippen molar-refractivity contribution in [2.45, 2.75) is 288 Å². The van der Waals surface area contributed by atoms with E-state index in [1.54, 1.807) is 44.5 Å². The van der Waals surface area contributed by atoms with Crippen LogP contribution in [0.4, 0.5) is 17.1 Å². The lowest BCUT2D eigenvalue weighted by atomic mass is 9.31. The van der Waals surface area contributed by atoms with Crippen LogP contribution >= 0.6 is 0 Å². The van der Waals surface area contributed by atoms with Gasteiger partial charge < -0.3 is 14.2 Å². The van der Waals surface area contributed by atoms with Crippen LogP contribution < -0.4 is 15.5 Å². The average molecular weight is 1100 g/mol. The molecule has 438 valence electrons. The summed E-state index contributed by atoms with van der Waals surface area (Å²) in [7, 11) is 0. The van der Waals surface area contributed by atoms with E-state index >= 15 is 0 Å². The van der Waals surface area contributed by atoms with Gasteiger partial charge in [0.25, 0.3) is 6.71 Å². The molecule has 2 aliphatic heterocycles. The maximum absolute atomic E-state index is 8.12. The highest BCUT2D eigenvalue weighted by Gasteiger charge is 2.59. The summed E-state index contributed by atoms with van der Waals surface area (Å²) in [4.78, 5) is 5.95. The topological polar surface area (TPSA) is 19.6 Å². The van der Waals surface area contributed by atoms with Gasteiger partial charge in [-0.1, -0.05) is 189 Å². The normalized spacial score (nSPS) is 28.7. The highest BCUT2D eigenvalue weighted by atomic mass is 16.3. The summed E-state index contributed by atoms with van der Waals surface area (Å²) in [5.74, 6) is 1.67. The summed E-state index contributed by atoms with van der Waals surface area (Å²) in [6, 6.07) is 13.6. The van der Waals surface area contributed by atoms with Crippen LogP contribution in [-0.2, 0) is 32.5 Å². The number of allylic oxidation sites excluding steroid dienone is 9. The Morgan fingerprint density at radius 1 is 0.561 bits per heavy atom. The lowest BCUT2D eigenvalue weighted by molar-refractivity contribution is 0.121. The van der Waals surface area contributed by atoms with Gasteiger partial charge >= 0.3 is 0 Å². The summed E-state index contributed by atoms with van der Waals surface area (Å²) in [6.45, 7) is 58.6. The van der Waals surface area contributed by atoms with Crippen molar-refractivity contribution in [3.8, 4) is 0 Å². The predicted octanol–water partition coefficient (Wildman–Crippen LogP) is 21.1. The fraction of sp³-hybridized carbons (Fsp3) is 0.641. The number of hydrogen-bond donors (Lipinski definition) is 0. The van der Waals surface area contributed by atoms with Gasteiger partial charge in [-0.3, -0.25) is 0 Å². The van der Waals surface area contributed by atoms with Crippen molar-refractivity contribution in [2.75, 3.05) is 9.80 Å². The van der Waals surface area contributed by atoms with Crippen LogP contribution in [-0.4, -0.2) is 12.8 Å². The summed E-state index contributed by atoms with van der Waals surface area (Å²) in [5, 5.41) is 0. The van der Waals surface area contributed by atoms with E-state index in [1.165, 1.54) is 119 Å². The van der Waals surface area contributed by atoms with E-state index < -0.39 is 0 Å². The Morgan fingerprint density at radius 3 is 1.77 bits per heavy atom. The van der Waals surface area contributed by atoms with Gasteiger partial charge in [0.2, 0.25) is 0 Å². The Labute approximate surface area is 499 Å². The molecule has 0 saturated heterocycles. The molecule has 13 rings (SSSR count). The molecule has 2 atom stereocenters. The van der Waals surface area contributed by atoms with Crippen molar-refractivity contribution in [2.24, 2.45) is 33.0 Å². The summed E-state index contributed by atoms with van der Waals surface area (Å²) < 4.78 is 8.12. The fourth-order valence-corrected chi connectivity index (χ4v) is 18.9. The van der Waals surface area contributed by atoms with Gasteiger partial charge in [0.1, 0.15) is 5.76 Å². The van der Waals surface area contributed by atoms with Crippen LogP contribution in [0.15, 0.2) is 97.6 Å². The van der Waals surface area contributed by atoms with Crippen LogP contribution in [0.2, 0.25) is 0 Å². The van der Waals surface area contributed by atoms with Crippen LogP contribution in [0.5, 0.6) is 0 Å². The van der Waals surface area contributed by atoms with E-state index in [0.29, 0.717) is 5.92 Å². The number of fused-ring (bicyclic) bond motifs is 9. The molecule has 4 heteroatoms. The van der Waals surface area contributed by atoms with Gasteiger partial charge in [-0.05, 0) is 230 Å². The smallest absolute Gasteiger partial charge is 0.292 e. The Kier molecular flexibility index (Phi) is 12.0. The van der Waals surface area contributed by atoms with E-state index in [2.05, 4.69) is 218 Å². The van der Waals surface area contributed by atoms with E-state index in [4.69, 9.17) is 4.42 Å². The first kappa shape index (κ1) is 56.9. The minimum atomic E-state index is -0.0986. The number of anilines is 3. The Hall–Kier alpha value is -4.18. The van der Waals surface area contributed by atoms with Crippen molar-refractivity contribution in [3.63, 3.8) is 0 Å². The molecule has 3 aromatic rings. The molecular weight excluding hydrogens is 992 g/mol. The van der Waals surface area contributed by atoms with E-state index in [1.807, 2.05) is 0 Å². The molecule has 0 N–H and O–H groups in total. The van der Waals surface area contributed by atoms with Gasteiger partial charge in [0.15, 0.2) is 0 Å². The summed E-state index contributed by atoms with van der Waals surface area (Å²) in [6.07, 6.45) is 24.4. The van der Waals surface area contributed by atoms with Crippen molar-refractivity contribution in [1.29, 1.82) is 0 Å². The molecule has 2 unspecified atom stereocenters. The monoisotopic (exact) mass is 1100 g/mol. The largest absolute Gasteiger partial charge is 0.472 e. The Morgan fingerprint density at radius 2 is 1.12 bits per heavy atom. The lowest BCUT2D eigenvalue weighted by Gasteiger charge is -2.56. The third-order valence-electron chi connectivity index (χ3n) is 25.1. The van der Waals surface area contributed by atoms with E-state index in [9.17, 15) is 0 Å². The summed E-state index contributed by atoms with van der Waals surface area (Å²) >= 11 is 0. The van der Waals surface area contributed by atoms with Gasteiger partial charge in [0.05, 0.1) is 23.1 Å². The molecular formula is C78H107BN2O. The van der Waals surface area contributed by atoms with Gasteiger partial charge in [0, 0.05) is 33.6 Å². The summed E-state index contributed by atoms with van der Waals surface area (Å²) in [5.41, 5.74) is 29.2. The molecule has 1 aromatic heterocycles. The highest BCUT2D eigenvalue weighted by molar-refractivity contribution is 6.88. The van der Waals surface area contributed by atoms with Crippen molar-refractivity contribution >= 4 is 35.0 Å². The van der Waals surface area contributed by atoms with E-state index in [0.717, 1.165) is 38.5 Å². The molecule has 10 aliphatic rings. The molecule has 82 heavy (non-hydrogen) atoms. The van der Waals surface area contributed by atoms with Crippen LogP contribution in [0.3, 0.4) is 0 Å². The van der Waals surface area contributed by atoms with Crippen LogP contribution in [0.25, 0.3) is 5.57 Å². The predicted molar refractivity (Wildman–Crippen MR) is 351 cm³/mol. The first-order chi connectivity index (χ1) is 37.7. The van der Waals surface area contributed by atoms with Gasteiger partial charge in [-0.15, -0.1) is 0 Å². The Bertz CT molecular complexity index is 3480. The molecule has 8 aliphatic carbocycles. The zero-order valence-electron chi connectivity index (χ0n) is 56.1. The lowest BCUT2D eigenvalue weighted by Crippen LogP contribution is -2.58. The molecule has 3 nitrogen and oxygen atoms in total. The SMILES string of the molecule is CC(C)(C)C1=CC2=C3B(C4=C(CC5C(=C4)C(C)(C)CCC5(C)C)N2c2cc4c(cc2C2=C5C(=CCC2)C(C)(C)CCC5(C)C)C(C)(C)CCC4(C)C)c2oc4c(c2N(c2ccc5c(c2)C(C)(C)CCC5(C)C)C3C1)C(C)(C)CCC4(C)C. The quantitative estimate of drug-likeness (QED) is 0.244. The molecule has 0 amide bonds. The Balaban J connectivity index is 1.20. The third kappa shape index (κ3) is 8.18. The number of benzene rings is 2. The number of furan rings is 1. The van der Waals surface area contributed by atoms with Gasteiger partial charge in [-0.2, -0.15) is 0 Å². The highest BCUT2D eigenvalue weighted by Crippen LogP contribution is 2.65. The standard InChI is InChI=1S/C78H107BN2O/c1-68(2,3)46-39-60-64-61(40-46)81(58-44-55-53(72(10,11)31-33-74(55,14)15)42-49(58)48-25-24-26-51-62(48)76(18,19)36-35-70(51,6)7)59-45-56-54(73(12,13)32-34-75(56,16)17)43-57(59)79(64)67-65(63-66(82-67)78(22,23)38-37-77(63,20)21)80(60)47-27-28-50-52(41-47)71(8,9)30-29-69(50,4)5/h26-28,40-44,56,60H,24-25,29-39,45H2,1-23H3. The zero-order chi connectivity index (χ0) is 59.2. The number of hydrogen-bond acceptors (Lipinski definition) is 3. The average Bonchev–Trinajstić information content (AvgIpc) is 3.74. The minimum Gasteiger partial charge on any atom is -0.472 e.